The average Bonchev–Trinajstić information content (AvgIpc) is 2.58. The van der Waals surface area contributed by atoms with E-state index in [0.717, 1.165) is 0 Å². The van der Waals surface area contributed by atoms with Crippen LogP contribution in [0.3, 0.4) is 0 Å². The molecular weight excluding hydrogens is 392 g/mol. The van der Waals surface area contributed by atoms with Crippen LogP contribution in [0.4, 0.5) is 9.59 Å². The van der Waals surface area contributed by atoms with Crippen LogP contribution < -0.4 is 4.74 Å². The number of ether oxygens (including phenoxy) is 3. The van der Waals surface area contributed by atoms with Crippen molar-refractivity contribution in [3.63, 3.8) is 0 Å². The highest BCUT2D eigenvalue weighted by Gasteiger charge is 2.37. The number of hydrogen-bond acceptors (Lipinski definition) is 7. The lowest BCUT2D eigenvalue weighted by molar-refractivity contribution is -0.143. The number of aromatic nitrogens is 1. The fraction of sp³-hybridized carbons (Fsp3) is 0.619. The normalized spacial score (nSPS) is 19.7. The van der Waals surface area contributed by atoms with E-state index in [4.69, 9.17) is 14.2 Å². The van der Waals surface area contributed by atoms with Gasteiger partial charge in [0.15, 0.2) is 0 Å². The summed E-state index contributed by atoms with van der Waals surface area (Å²) in [4.78, 5) is 41.8. The van der Waals surface area contributed by atoms with Crippen LogP contribution in [-0.2, 0) is 14.3 Å². The van der Waals surface area contributed by atoms with Crippen LogP contribution in [0.1, 0.15) is 59.6 Å². The Balaban J connectivity index is 2.18. The molecule has 30 heavy (non-hydrogen) atoms. The van der Waals surface area contributed by atoms with Crippen LogP contribution >= 0.6 is 0 Å². The number of likely N-dealkylation sites (tertiary alicyclic amines) is 1. The third-order valence-electron chi connectivity index (χ3n) is 4.19. The quantitative estimate of drug-likeness (QED) is 0.731. The second-order valence-electron chi connectivity index (χ2n) is 9.32. The van der Waals surface area contributed by atoms with Gasteiger partial charge in [-0.05, 0) is 54.0 Å². The molecule has 2 atom stereocenters. The van der Waals surface area contributed by atoms with Crippen molar-refractivity contribution in [2.75, 3.05) is 13.1 Å². The van der Waals surface area contributed by atoms with Crippen LogP contribution in [0.25, 0.3) is 0 Å². The minimum absolute atomic E-state index is 0.0445. The minimum Gasteiger partial charge on any atom is -0.481 e. The van der Waals surface area contributed by atoms with Crippen molar-refractivity contribution in [2.45, 2.75) is 65.1 Å². The summed E-state index contributed by atoms with van der Waals surface area (Å²) < 4.78 is 15.7. The molecule has 1 fully saturated rings. The van der Waals surface area contributed by atoms with E-state index in [1.807, 2.05) is 0 Å². The van der Waals surface area contributed by atoms with Gasteiger partial charge in [-0.2, -0.15) is 0 Å². The first kappa shape index (κ1) is 23.4. The van der Waals surface area contributed by atoms with Gasteiger partial charge in [0.05, 0.1) is 5.92 Å². The molecule has 9 nitrogen and oxygen atoms in total. The van der Waals surface area contributed by atoms with Gasteiger partial charge < -0.3 is 24.2 Å². The van der Waals surface area contributed by atoms with Gasteiger partial charge in [0.1, 0.15) is 11.2 Å². The molecule has 1 aliphatic rings. The number of pyridine rings is 1. The molecule has 1 aromatic heterocycles. The molecule has 1 N–H and O–H groups in total. The first-order valence-electron chi connectivity index (χ1n) is 9.82. The van der Waals surface area contributed by atoms with Gasteiger partial charge in [-0.25, -0.2) is 14.6 Å². The first-order valence-corrected chi connectivity index (χ1v) is 9.82. The molecule has 0 aromatic carbocycles. The number of carboxylic acids is 1. The standard InChI is InChI=1S/C21H30N2O7/c1-20(2,3)29-18(26)23-11-13(10-14(12-23)17(24)25)15-8-7-9-16(22-15)28-19(27)30-21(4,5)6/h7-9,13-14H,10-12H2,1-6H3,(H,24,25)/t13-,14+/m1/s1. The minimum atomic E-state index is -0.991. The number of carboxylic acid groups (broad SMARTS) is 1. The van der Waals surface area contributed by atoms with Crippen molar-refractivity contribution in [1.29, 1.82) is 0 Å². The fourth-order valence-corrected chi connectivity index (χ4v) is 3.04. The van der Waals surface area contributed by atoms with E-state index < -0.39 is 35.3 Å². The average molecular weight is 422 g/mol. The van der Waals surface area contributed by atoms with Crippen LogP contribution in [0.2, 0.25) is 0 Å². The van der Waals surface area contributed by atoms with Crippen molar-refractivity contribution in [2.24, 2.45) is 5.92 Å². The van der Waals surface area contributed by atoms with E-state index in [-0.39, 0.29) is 24.9 Å². The maximum Gasteiger partial charge on any atom is 0.515 e. The summed E-state index contributed by atoms with van der Waals surface area (Å²) in [5.74, 6) is -2.06. The van der Waals surface area contributed by atoms with E-state index in [0.29, 0.717) is 12.1 Å². The molecule has 1 amide bonds. The van der Waals surface area contributed by atoms with E-state index in [9.17, 15) is 19.5 Å². The lowest BCUT2D eigenvalue weighted by Gasteiger charge is -2.36. The number of amides is 1. The van der Waals surface area contributed by atoms with Crippen LogP contribution in [-0.4, -0.2) is 57.5 Å². The highest BCUT2D eigenvalue weighted by molar-refractivity contribution is 5.73. The number of hydrogen-bond donors (Lipinski definition) is 1. The van der Waals surface area contributed by atoms with Crippen LogP contribution in [0.5, 0.6) is 5.88 Å². The Hall–Kier alpha value is -2.84. The van der Waals surface area contributed by atoms with Crippen LogP contribution in [0.15, 0.2) is 18.2 Å². The molecule has 0 unspecified atom stereocenters. The van der Waals surface area contributed by atoms with Gasteiger partial charge in [0.25, 0.3) is 0 Å². The second kappa shape index (κ2) is 8.89. The number of nitrogens with zero attached hydrogens (tertiary/aromatic N) is 2. The Bertz CT molecular complexity index is 795. The summed E-state index contributed by atoms with van der Waals surface area (Å²) >= 11 is 0. The second-order valence-corrected chi connectivity index (χ2v) is 9.32. The molecule has 0 aliphatic carbocycles. The molecular formula is C21H30N2O7. The van der Waals surface area contributed by atoms with E-state index in [1.165, 1.54) is 11.0 Å². The third kappa shape index (κ3) is 7.20. The molecule has 2 rings (SSSR count). The Morgan fingerprint density at radius 3 is 2.23 bits per heavy atom. The van der Waals surface area contributed by atoms with Gasteiger partial charge in [-0.1, -0.05) is 6.07 Å². The molecule has 166 valence electrons. The summed E-state index contributed by atoms with van der Waals surface area (Å²) in [5.41, 5.74) is -0.876. The topological polar surface area (TPSA) is 115 Å². The predicted octanol–water partition coefficient (Wildman–Crippen LogP) is 3.82. The van der Waals surface area contributed by atoms with Crippen molar-refractivity contribution < 1.29 is 33.7 Å². The van der Waals surface area contributed by atoms with Crippen molar-refractivity contribution >= 4 is 18.2 Å². The van der Waals surface area contributed by atoms with E-state index in [1.54, 1.807) is 53.7 Å². The summed E-state index contributed by atoms with van der Waals surface area (Å²) in [6, 6.07) is 4.88. The van der Waals surface area contributed by atoms with Crippen LogP contribution in [0, 0.1) is 5.92 Å². The van der Waals surface area contributed by atoms with Gasteiger partial charge in [0.2, 0.25) is 5.88 Å². The van der Waals surface area contributed by atoms with Gasteiger partial charge in [0, 0.05) is 30.8 Å². The van der Waals surface area contributed by atoms with Crippen molar-refractivity contribution in [3.8, 4) is 5.88 Å². The smallest absolute Gasteiger partial charge is 0.481 e. The zero-order valence-corrected chi connectivity index (χ0v) is 18.3. The van der Waals surface area contributed by atoms with E-state index >= 15 is 0 Å². The number of carbonyl (C=O) groups is 3. The SMILES string of the molecule is CC(C)(C)OC(=O)Oc1cccc([C@@H]2C[C@H](C(=O)O)CN(C(=O)OC(C)(C)C)C2)n1. The Kier molecular flexibility index (Phi) is 6.95. The highest BCUT2D eigenvalue weighted by Crippen LogP contribution is 2.31. The number of rotatable bonds is 3. The predicted molar refractivity (Wildman–Crippen MR) is 107 cm³/mol. The van der Waals surface area contributed by atoms with Gasteiger partial charge in [-0.15, -0.1) is 0 Å². The Labute approximate surface area is 176 Å². The third-order valence-corrected chi connectivity index (χ3v) is 4.19. The van der Waals surface area contributed by atoms with Crippen molar-refractivity contribution in [1.82, 2.24) is 9.88 Å². The lowest BCUT2D eigenvalue weighted by atomic mass is 9.87. The summed E-state index contributed by atoms with van der Waals surface area (Å²) in [6.07, 6.45) is -1.15. The zero-order chi connectivity index (χ0) is 22.7. The largest absolute Gasteiger partial charge is 0.515 e. The Morgan fingerprint density at radius 1 is 1.03 bits per heavy atom. The molecule has 1 saturated heterocycles. The Morgan fingerprint density at radius 2 is 1.67 bits per heavy atom. The number of piperidine rings is 1. The number of carbonyl (C=O) groups excluding carboxylic acids is 2. The van der Waals surface area contributed by atoms with Crippen molar-refractivity contribution in [3.05, 3.63) is 23.9 Å². The summed E-state index contributed by atoms with van der Waals surface area (Å²) in [6.45, 7) is 10.7. The summed E-state index contributed by atoms with van der Waals surface area (Å²) in [7, 11) is 0. The maximum atomic E-state index is 12.5. The highest BCUT2D eigenvalue weighted by atomic mass is 16.7. The van der Waals surface area contributed by atoms with Gasteiger partial charge in [-0.3, -0.25) is 4.79 Å². The first-order chi connectivity index (χ1) is 13.7. The molecule has 1 aromatic rings. The molecule has 0 spiro atoms. The fourth-order valence-electron chi connectivity index (χ4n) is 3.04. The lowest BCUT2D eigenvalue weighted by Crippen LogP contribution is -2.47. The molecule has 0 radical (unpaired) electrons. The maximum absolute atomic E-state index is 12.5. The molecule has 9 heteroatoms. The zero-order valence-electron chi connectivity index (χ0n) is 18.3. The molecule has 0 saturated carbocycles. The molecule has 2 heterocycles. The molecule has 0 bridgehead atoms. The monoisotopic (exact) mass is 422 g/mol. The van der Waals surface area contributed by atoms with E-state index in [2.05, 4.69) is 4.98 Å². The van der Waals surface area contributed by atoms with Gasteiger partial charge >= 0.3 is 18.2 Å². The number of aliphatic carboxylic acids is 1. The molecule has 1 aliphatic heterocycles. The summed E-state index contributed by atoms with van der Waals surface area (Å²) in [5, 5.41) is 9.53.